The highest BCUT2D eigenvalue weighted by molar-refractivity contribution is 7.89. The molecule has 2 aromatic carbocycles. The molecule has 1 fully saturated rings. The molecule has 2 aromatic rings. The van der Waals surface area contributed by atoms with E-state index < -0.39 is 14.9 Å². The summed E-state index contributed by atoms with van der Waals surface area (Å²) in [6, 6.07) is 11.6. The van der Waals surface area contributed by atoms with Gasteiger partial charge in [0.2, 0.25) is 10.0 Å². The van der Waals surface area contributed by atoms with Crippen molar-refractivity contribution >= 4 is 27.6 Å². The average Bonchev–Trinajstić information content (AvgIpc) is 3.24. The molecule has 0 atom stereocenters. The molecule has 0 aliphatic carbocycles. The second kappa shape index (κ2) is 8.49. The van der Waals surface area contributed by atoms with Crippen molar-refractivity contribution in [3.05, 3.63) is 63.7 Å². The predicted molar refractivity (Wildman–Crippen MR) is 108 cm³/mol. The zero-order valence-corrected chi connectivity index (χ0v) is 16.4. The van der Waals surface area contributed by atoms with Crippen molar-refractivity contribution in [2.75, 3.05) is 18.5 Å². The van der Waals surface area contributed by atoms with E-state index in [0.717, 1.165) is 30.9 Å². The van der Waals surface area contributed by atoms with Crippen molar-refractivity contribution in [1.29, 1.82) is 0 Å². The summed E-state index contributed by atoms with van der Waals surface area (Å²) in [5, 5.41) is 15.5. The zero-order chi connectivity index (χ0) is 20.1. The molecule has 3 rings (SSSR count). The summed E-state index contributed by atoms with van der Waals surface area (Å²) >= 11 is 0. The molecule has 0 unspecified atom stereocenters. The quantitative estimate of drug-likeness (QED) is 0.434. The number of hydrogen-bond acceptors (Lipinski definition) is 6. The standard InChI is InChI=1S/C19H22N4O4S/c1-2-15-5-7-16(8-6-15)14-20-21-18-10-9-17(13-19(18)23(24)25)28(26,27)22-11-3-4-12-22/h5-10,13-14,21H,2-4,11-12H2,1H3. The minimum Gasteiger partial charge on any atom is -0.272 e. The maximum absolute atomic E-state index is 12.6. The van der Waals surface area contributed by atoms with E-state index in [1.54, 1.807) is 6.21 Å². The summed E-state index contributed by atoms with van der Waals surface area (Å²) in [5.41, 5.74) is 4.49. The molecule has 9 heteroatoms. The maximum atomic E-state index is 12.6. The van der Waals surface area contributed by atoms with Crippen molar-refractivity contribution in [1.82, 2.24) is 4.31 Å². The van der Waals surface area contributed by atoms with E-state index >= 15 is 0 Å². The Bertz CT molecular complexity index is 981. The molecule has 0 amide bonds. The molecule has 0 saturated carbocycles. The van der Waals surface area contributed by atoms with Gasteiger partial charge in [0, 0.05) is 19.2 Å². The Hall–Kier alpha value is -2.78. The van der Waals surface area contributed by atoms with Gasteiger partial charge >= 0.3 is 0 Å². The molecular formula is C19H22N4O4S. The van der Waals surface area contributed by atoms with Gasteiger partial charge in [-0.2, -0.15) is 9.41 Å². The fourth-order valence-corrected chi connectivity index (χ4v) is 4.55. The zero-order valence-electron chi connectivity index (χ0n) is 15.5. The van der Waals surface area contributed by atoms with Gasteiger partial charge < -0.3 is 0 Å². The van der Waals surface area contributed by atoms with Crippen LogP contribution >= 0.6 is 0 Å². The Balaban J connectivity index is 1.81. The first-order valence-corrected chi connectivity index (χ1v) is 10.5. The monoisotopic (exact) mass is 402 g/mol. The van der Waals surface area contributed by atoms with E-state index in [1.165, 1.54) is 22.0 Å². The summed E-state index contributed by atoms with van der Waals surface area (Å²) in [7, 11) is -3.72. The van der Waals surface area contributed by atoms with Gasteiger partial charge in [0.05, 0.1) is 16.0 Å². The van der Waals surface area contributed by atoms with Crippen molar-refractivity contribution in [2.45, 2.75) is 31.1 Å². The SMILES string of the molecule is CCc1ccc(C=NNc2ccc(S(=O)(=O)N3CCCC3)cc2[N+](=O)[O-])cc1. The summed E-state index contributed by atoms with van der Waals surface area (Å²) in [6.45, 7) is 2.95. The van der Waals surface area contributed by atoms with Gasteiger partial charge in [-0.05, 0) is 42.5 Å². The lowest BCUT2D eigenvalue weighted by atomic mass is 10.1. The van der Waals surface area contributed by atoms with Gasteiger partial charge in [0.25, 0.3) is 5.69 Å². The molecule has 1 aliphatic rings. The number of sulfonamides is 1. The lowest BCUT2D eigenvalue weighted by Gasteiger charge is -2.15. The minimum atomic E-state index is -3.72. The van der Waals surface area contributed by atoms with Crippen LogP contribution < -0.4 is 5.43 Å². The Morgan fingerprint density at radius 3 is 2.46 bits per heavy atom. The van der Waals surface area contributed by atoms with Crippen LogP contribution in [0.1, 0.15) is 30.9 Å². The maximum Gasteiger partial charge on any atom is 0.295 e. The van der Waals surface area contributed by atoms with E-state index in [2.05, 4.69) is 17.5 Å². The molecule has 8 nitrogen and oxygen atoms in total. The first-order valence-electron chi connectivity index (χ1n) is 9.08. The number of hydrazone groups is 1. The fraction of sp³-hybridized carbons (Fsp3) is 0.316. The third-order valence-corrected chi connectivity index (χ3v) is 6.55. The Morgan fingerprint density at radius 2 is 1.86 bits per heavy atom. The third-order valence-electron chi connectivity index (χ3n) is 4.66. The van der Waals surface area contributed by atoms with E-state index in [-0.39, 0.29) is 16.3 Å². The van der Waals surface area contributed by atoms with Gasteiger partial charge in [-0.1, -0.05) is 31.2 Å². The molecule has 0 bridgehead atoms. The van der Waals surface area contributed by atoms with Gasteiger partial charge in [0.1, 0.15) is 5.69 Å². The lowest BCUT2D eigenvalue weighted by Crippen LogP contribution is -2.27. The smallest absolute Gasteiger partial charge is 0.272 e. The summed E-state index contributed by atoms with van der Waals surface area (Å²) < 4.78 is 26.6. The molecule has 1 saturated heterocycles. The summed E-state index contributed by atoms with van der Waals surface area (Å²) in [6.07, 6.45) is 4.09. The largest absolute Gasteiger partial charge is 0.295 e. The van der Waals surface area contributed by atoms with Crippen LogP contribution in [0.25, 0.3) is 0 Å². The van der Waals surface area contributed by atoms with E-state index in [4.69, 9.17) is 0 Å². The molecule has 28 heavy (non-hydrogen) atoms. The predicted octanol–water partition coefficient (Wildman–Crippen LogP) is 3.39. The number of nitro groups is 1. The molecule has 0 spiro atoms. The average molecular weight is 402 g/mol. The van der Waals surface area contributed by atoms with Crippen LogP contribution in [0.15, 0.2) is 52.5 Å². The van der Waals surface area contributed by atoms with E-state index in [9.17, 15) is 18.5 Å². The minimum absolute atomic E-state index is 0.0780. The van der Waals surface area contributed by atoms with E-state index in [1.807, 2.05) is 24.3 Å². The van der Waals surface area contributed by atoms with Gasteiger partial charge in [-0.25, -0.2) is 8.42 Å². The van der Waals surface area contributed by atoms with Crippen molar-refractivity contribution < 1.29 is 13.3 Å². The van der Waals surface area contributed by atoms with Crippen LogP contribution in [-0.4, -0.2) is 37.0 Å². The van der Waals surface area contributed by atoms with Crippen LogP contribution in [0, 0.1) is 10.1 Å². The van der Waals surface area contributed by atoms with Crippen molar-refractivity contribution in [3.8, 4) is 0 Å². The highest BCUT2D eigenvalue weighted by Crippen LogP contribution is 2.30. The molecule has 148 valence electrons. The van der Waals surface area contributed by atoms with Gasteiger partial charge in [-0.3, -0.25) is 15.5 Å². The van der Waals surface area contributed by atoms with Crippen molar-refractivity contribution in [2.24, 2.45) is 5.10 Å². The number of nitrogens with zero attached hydrogens (tertiary/aromatic N) is 3. The fourth-order valence-electron chi connectivity index (χ4n) is 3.01. The molecule has 1 N–H and O–H groups in total. The second-order valence-electron chi connectivity index (χ2n) is 6.51. The van der Waals surface area contributed by atoms with Crippen molar-refractivity contribution in [3.63, 3.8) is 0 Å². The van der Waals surface area contributed by atoms with Crippen LogP contribution in [0.3, 0.4) is 0 Å². The lowest BCUT2D eigenvalue weighted by molar-refractivity contribution is -0.384. The first-order chi connectivity index (χ1) is 13.4. The topological polar surface area (TPSA) is 105 Å². The third kappa shape index (κ3) is 4.37. The summed E-state index contributed by atoms with van der Waals surface area (Å²) in [5.74, 6) is 0. The Labute approximate surface area is 164 Å². The highest BCUT2D eigenvalue weighted by Gasteiger charge is 2.29. The number of rotatable bonds is 7. The molecule has 0 aromatic heterocycles. The number of anilines is 1. The number of hydrogen-bond donors (Lipinski definition) is 1. The van der Waals surface area contributed by atoms with Crippen LogP contribution in [0.5, 0.6) is 0 Å². The van der Waals surface area contributed by atoms with Crippen LogP contribution in [0.4, 0.5) is 11.4 Å². The number of benzene rings is 2. The molecular weight excluding hydrogens is 380 g/mol. The Morgan fingerprint density at radius 1 is 1.18 bits per heavy atom. The molecule has 0 radical (unpaired) electrons. The Kier molecular flexibility index (Phi) is 6.05. The van der Waals surface area contributed by atoms with Gasteiger partial charge in [-0.15, -0.1) is 0 Å². The normalized spacial score (nSPS) is 15.2. The summed E-state index contributed by atoms with van der Waals surface area (Å²) in [4.78, 5) is 10.7. The second-order valence-corrected chi connectivity index (χ2v) is 8.45. The first kappa shape index (κ1) is 20.0. The van der Waals surface area contributed by atoms with Crippen LogP contribution in [-0.2, 0) is 16.4 Å². The number of nitrogens with one attached hydrogen (secondary N) is 1. The number of aryl methyl sites for hydroxylation is 1. The van der Waals surface area contributed by atoms with E-state index in [0.29, 0.717) is 13.1 Å². The number of nitro benzene ring substituents is 1. The highest BCUT2D eigenvalue weighted by atomic mass is 32.2. The van der Waals surface area contributed by atoms with Gasteiger partial charge in [0.15, 0.2) is 0 Å². The molecule has 1 heterocycles. The molecule has 1 aliphatic heterocycles. The van der Waals surface area contributed by atoms with Crippen LogP contribution in [0.2, 0.25) is 0 Å².